The highest BCUT2D eigenvalue weighted by Crippen LogP contribution is 2.18. The van der Waals surface area contributed by atoms with Gasteiger partial charge in [0, 0.05) is 6.42 Å². The molecule has 0 heterocycles. The Morgan fingerprint density at radius 1 is 0.364 bits per heavy atom. The Morgan fingerprint density at radius 3 is 0.909 bits per heavy atom. The molecule has 0 rings (SSSR count). The zero-order valence-electron chi connectivity index (χ0n) is 45.2. The molecule has 3 N–H and O–H groups in total. The minimum Gasteiger partial charge on any atom is -0.394 e. The van der Waals surface area contributed by atoms with Gasteiger partial charge in [0.05, 0.1) is 18.8 Å². The normalized spacial score (nSPS) is 12.8. The first-order chi connectivity index (χ1) is 32.7. The molecular weight excluding hydrogens is 807 g/mol. The van der Waals surface area contributed by atoms with E-state index in [1.807, 2.05) is 0 Å². The first-order valence-corrected chi connectivity index (χ1v) is 30.5. The van der Waals surface area contributed by atoms with Crippen LogP contribution in [0.5, 0.6) is 0 Å². The molecule has 0 aliphatic heterocycles. The topological polar surface area (TPSA) is 69.6 Å². The van der Waals surface area contributed by atoms with Crippen LogP contribution in [0.25, 0.3) is 0 Å². The molecule has 0 aromatic heterocycles. The number of carbonyl (C=O) groups is 1. The van der Waals surface area contributed by atoms with Crippen LogP contribution in [0, 0.1) is 0 Å². The zero-order valence-corrected chi connectivity index (χ0v) is 45.2. The van der Waals surface area contributed by atoms with Gasteiger partial charge >= 0.3 is 0 Å². The summed E-state index contributed by atoms with van der Waals surface area (Å²) in [6.07, 6.45) is 77.6. The van der Waals surface area contributed by atoms with E-state index in [0.29, 0.717) is 12.8 Å². The van der Waals surface area contributed by atoms with Gasteiger partial charge < -0.3 is 15.5 Å². The number of allylic oxidation sites excluding steroid dienone is 4. The number of aliphatic hydroxyl groups excluding tert-OH is 2. The molecule has 0 spiro atoms. The molecule has 0 saturated carbocycles. The van der Waals surface area contributed by atoms with Crippen molar-refractivity contribution in [3.8, 4) is 0 Å². The van der Waals surface area contributed by atoms with E-state index in [0.717, 1.165) is 32.1 Å². The van der Waals surface area contributed by atoms with Gasteiger partial charge in [0.2, 0.25) is 5.91 Å². The van der Waals surface area contributed by atoms with Crippen molar-refractivity contribution >= 4 is 5.91 Å². The molecular formula is C62H121NO3. The minimum absolute atomic E-state index is 0.0234. The summed E-state index contributed by atoms with van der Waals surface area (Å²) in [7, 11) is 0. The van der Waals surface area contributed by atoms with E-state index in [4.69, 9.17) is 0 Å². The third-order valence-electron chi connectivity index (χ3n) is 14.5. The second-order valence-corrected chi connectivity index (χ2v) is 21.1. The quantitative estimate of drug-likeness (QED) is 0.0420. The van der Waals surface area contributed by atoms with Crippen LogP contribution in [0.1, 0.15) is 348 Å². The van der Waals surface area contributed by atoms with Crippen molar-refractivity contribution in [2.24, 2.45) is 0 Å². The molecule has 66 heavy (non-hydrogen) atoms. The van der Waals surface area contributed by atoms with E-state index in [1.165, 1.54) is 289 Å². The fourth-order valence-corrected chi connectivity index (χ4v) is 9.81. The SMILES string of the molecule is CCCCCCC/C=C\C/C=C\CCCCCCCCCCCCCCCCCCCCCCCCCC(=O)NC(CO)C(O)CCCCCCCCCCCCCCCCCCCCC. The average molecular weight is 929 g/mol. The molecule has 2 unspecified atom stereocenters. The number of amides is 1. The Bertz CT molecular complexity index is 963. The molecule has 4 heteroatoms. The van der Waals surface area contributed by atoms with E-state index in [-0.39, 0.29) is 12.5 Å². The van der Waals surface area contributed by atoms with E-state index in [9.17, 15) is 15.0 Å². The Morgan fingerprint density at radius 2 is 0.621 bits per heavy atom. The van der Waals surface area contributed by atoms with E-state index in [2.05, 4.69) is 43.5 Å². The number of rotatable bonds is 57. The summed E-state index contributed by atoms with van der Waals surface area (Å²) in [6, 6.07) is -0.534. The number of unbranched alkanes of at least 4 members (excludes halogenated alkanes) is 46. The third kappa shape index (κ3) is 53.8. The molecule has 0 aliphatic carbocycles. The highest BCUT2D eigenvalue weighted by Gasteiger charge is 2.20. The standard InChI is InChI=1S/C62H121NO3/c1-3-5-7-9-11-13-15-17-19-21-23-24-25-26-27-28-29-30-31-32-33-34-35-36-37-38-40-42-44-46-48-50-52-54-56-58-62(66)63-60(59-64)61(65)57-55-53-51-49-47-45-43-41-39-22-20-18-16-14-12-10-8-6-4-2/h15,17,21,23,60-61,64-65H,3-14,16,18-20,22,24-59H2,1-2H3,(H,63,66)/b17-15-,23-21-. The number of aliphatic hydroxyl groups is 2. The van der Waals surface area contributed by atoms with Crippen LogP contribution in [-0.2, 0) is 4.79 Å². The highest BCUT2D eigenvalue weighted by molar-refractivity contribution is 5.76. The third-order valence-corrected chi connectivity index (χ3v) is 14.5. The lowest BCUT2D eigenvalue weighted by atomic mass is 10.0. The van der Waals surface area contributed by atoms with Gasteiger partial charge in [-0.3, -0.25) is 4.79 Å². The van der Waals surface area contributed by atoms with Crippen LogP contribution in [0.4, 0.5) is 0 Å². The molecule has 0 aromatic rings. The molecule has 0 saturated heterocycles. The molecule has 0 fully saturated rings. The van der Waals surface area contributed by atoms with Crippen LogP contribution < -0.4 is 5.32 Å². The van der Waals surface area contributed by atoms with Crippen LogP contribution in [-0.4, -0.2) is 34.9 Å². The summed E-state index contributed by atoms with van der Waals surface area (Å²) >= 11 is 0. The molecule has 392 valence electrons. The summed E-state index contributed by atoms with van der Waals surface area (Å²) < 4.78 is 0. The maximum absolute atomic E-state index is 12.5. The Balaban J connectivity index is 3.38. The second-order valence-electron chi connectivity index (χ2n) is 21.1. The Labute approximate surface area is 415 Å². The number of nitrogens with one attached hydrogen (secondary N) is 1. The molecule has 1 amide bonds. The summed E-state index contributed by atoms with van der Waals surface area (Å²) in [5, 5.41) is 23.4. The second kappa shape index (κ2) is 58.2. The van der Waals surface area contributed by atoms with Gasteiger partial charge in [0.15, 0.2) is 0 Å². The first-order valence-electron chi connectivity index (χ1n) is 30.5. The molecule has 0 radical (unpaired) electrons. The van der Waals surface area contributed by atoms with Gasteiger partial charge in [0.25, 0.3) is 0 Å². The molecule has 2 atom stereocenters. The van der Waals surface area contributed by atoms with Crippen molar-refractivity contribution < 1.29 is 15.0 Å². The van der Waals surface area contributed by atoms with Gasteiger partial charge in [-0.1, -0.05) is 321 Å². The maximum Gasteiger partial charge on any atom is 0.220 e. The number of carbonyl (C=O) groups excluding carboxylic acids is 1. The predicted molar refractivity (Wildman–Crippen MR) is 295 cm³/mol. The Kier molecular flexibility index (Phi) is 57.2. The molecule has 0 aliphatic rings. The van der Waals surface area contributed by atoms with Crippen molar-refractivity contribution in [1.82, 2.24) is 5.32 Å². The predicted octanol–water partition coefficient (Wildman–Crippen LogP) is 20.3. The highest BCUT2D eigenvalue weighted by atomic mass is 16.3. The van der Waals surface area contributed by atoms with Crippen molar-refractivity contribution in [2.75, 3.05) is 6.61 Å². The largest absolute Gasteiger partial charge is 0.394 e. The monoisotopic (exact) mass is 928 g/mol. The van der Waals surface area contributed by atoms with Crippen molar-refractivity contribution in [3.63, 3.8) is 0 Å². The lowest BCUT2D eigenvalue weighted by Crippen LogP contribution is -2.45. The minimum atomic E-state index is -0.657. The van der Waals surface area contributed by atoms with Gasteiger partial charge in [-0.15, -0.1) is 0 Å². The lowest BCUT2D eigenvalue weighted by molar-refractivity contribution is -0.123. The Hall–Kier alpha value is -1.13. The summed E-state index contributed by atoms with van der Waals surface area (Å²) in [5.74, 6) is -0.0234. The van der Waals surface area contributed by atoms with E-state index in [1.54, 1.807) is 0 Å². The fourth-order valence-electron chi connectivity index (χ4n) is 9.81. The number of hydrogen-bond donors (Lipinski definition) is 3. The van der Waals surface area contributed by atoms with Gasteiger partial charge in [-0.25, -0.2) is 0 Å². The van der Waals surface area contributed by atoms with Gasteiger partial charge in [-0.05, 0) is 44.9 Å². The van der Waals surface area contributed by atoms with Gasteiger partial charge in [0.1, 0.15) is 0 Å². The van der Waals surface area contributed by atoms with Crippen molar-refractivity contribution in [2.45, 2.75) is 360 Å². The van der Waals surface area contributed by atoms with E-state index >= 15 is 0 Å². The summed E-state index contributed by atoms with van der Waals surface area (Å²) in [5.41, 5.74) is 0. The lowest BCUT2D eigenvalue weighted by Gasteiger charge is -2.22. The zero-order chi connectivity index (χ0) is 47.7. The average Bonchev–Trinajstić information content (AvgIpc) is 3.32. The fraction of sp³-hybridized carbons (Fsp3) is 0.919. The molecule has 4 nitrogen and oxygen atoms in total. The van der Waals surface area contributed by atoms with Crippen LogP contribution >= 0.6 is 0 Å². The smallest absolute Gasteiger partial charge is 0.220 e. The van der Waals surface area contributed by atoms with Crippen molar-refractivity contribution in [1.29, 1.82) is 0 Å². The van der Waals surface area contributed by atoms with Crippen LogP contribution in [0.3, 0.4) is 0 Å². The van der Waals surface area contributed by atoms with Gasteiger partial charge in [-0.2, -0.15) is 0 Å². The summed E-state index contributed by atoms with van der Waals surface area (Å²) in [4.78, 5) is 12.5. The number of hydrogen-bond acceptors (Lipinski definition) is 3. The summed E-state index contributed by atoms with van der Waals surface area (Å²) in [6.45, 7) is 4.39. The van der Waals surface area contributed by atoms with Crippen LogP contribution in [0.15, 0.2) is 24.3 Å². The van der Waals surface area contributed by atoms with E-state index < -0.39 is 12.1 Å². The van der Waals surface area contributed by atoms with Crippen molar-refractivity contribution in [3.05, 3.63) is 24.3 Å². The van der Waals surface area contributed by atoms with Crippen LogP contribution in [0.2, 0.25) is 0 Å². The molecule has 0 aromatic carbocycles. The maximum atomic E-state index is 12.5. The first kappa shape index (κ1) is 64.9. The molecule has 0 bridgehead atoms.